The number of halogens is 1. The minimum absolute atomic E-state index is 0.0312. The Morgan fingerprint density at radius 2 is 2.40 bits per heavy atom. The second kappa shape index (κ2) is 4.59. The number of rotatable bonds is 3. The maximum atomic E-state index is 11.5. The molecule has 5 heteroatoms. The van der Waals surface area contributed by atoms with Crippen LogP contribution in [0.5, 0.6) is 0 Å². The first kappa shape index (κ1) is 10.4. The molecule has 0 amide bonds. The zero-order chi connectivity index (χ0) is 10.7. The SMILES string of the molecule is O=c1c(Cl)nccn1CCc1cccs1. The van der Waals surface area contributed by atoms with E-state index >= 15 is 0 Å². The van der Waals surface area contributed by atoms with E-state index in [4.69, 9.17) is 11.6 Å². The van der Waals surface area contributed by atoms with Crippen LogP contribution in [-0.2, 0) is 13.0 Å². The summed E-state index contributed by atoms with van der Waals surface area (Å²) in [6.07, 6.45) is 4.04. The molecule has 0 saturated heterocycles. The zero-order valence-electron chi connectivity index (χ0n) is 7.89. The van der Waals surface area contributed by atoms with Crippen LogP contribution in [-0.4, -0.2) is 9.55 Å². The van der Waals surface area contributed by atoms with Crippen molar-refractivity contribution in [2.45, 2.75) is 13.0 Å². The Hall–Kier alpha value is -1.13. The van der Waals surface area contributed by atoms with Crippen LogP contribution in [0.2, 0.25) is 5.15 Å². The van der Waals surface area contributed by atoms with E-state index in [1.54, 1.807) is 22.1 Å². The van der Waals surface area contributed by atoms with Gasteiger partial charge in [-0.05, 0) is 17.9 Å². The second-order valence-corrected chi connectivity index (χ2v) is 4.44. The van der Waals surface area contributed by atoms with Gasteiger partial charge in [-0.2, -0.15) is 0 Å². The normalized spacial score (nSPS) is 10.5. The number of hydrogen-bond donors (Lipinski definition) is 0. The first-order valence-corrected chi connectivity index (χ1v) is 5.76. The summed E-state index contributed by atoms with van der Waals surface area (Å²) < 4.78 is 1.58. The van der Waals surface area contributed by atoms with Crippen LogP contribution in [0.3, 0.4) is 0 Å². The van der Waals surface area contributed by atoms with E-state index in [0.717, 1.165) is 6.42 Å². The van der Waals surface area contributed by atoms with Gasteiger partial charge in [0, 0.05) is 23.8 Å². The molecule has 2 aromatic rings. The summed E-state index contributed by atoms with van der Waals surface area (Å²) in [6, 6.07) is 4.06. The van der Waals surface area contributed by atoms with Crippen LogP contribution in [0.15, 0.2) is 34.7 Å². The monoisotopic (exact) mass is 240 g/mol. The van der Waals surface area contributed by atoms with Crippen molar-refractivity contribution in [2.24, 2.45) is 0 Å². The molecule has 0 radical (unpaired) electrons. The highest BCUT2D eigenvalue weighted by atomic mass is 35.5. The maximum Gasteiger partial charge on any atom is 0.288 e. The molecule has 0 N–H and O–H groups in total. The first-order valence-electron chi connectivity index (χ1n) is 4.51. The third kappa shape index (κ3) is 2.46. The molecule has 0 aliphatic carbocycles. The summed E-state index contributed by atoms with van der Waals surface area (Å²) in [5.41, 5.74) is -0.226. The van der Waals surface area contributed by atoms with Crippen molar-refractivity contribution in [3.05, 3.63) is 50.3 Å². The average Bonchev–Trinajstić information content (AvgIpc) is 2.73. The summed E-state index contributed by atoms with van der Waals surface area (Å²) in [6.45, 7) is 0.640. The molecule has 0 fully saturated rings. The molecular weight excluding hydrogens is 232 g/mol. The molecule has 0 aliphatic rings. The lowest BCUT2D eigenvalue weighted by molar-refractivity contribution is 0.668. The van der Waals surface area contributed by atoms with Crippen LogP contribution >= 0.6 is 22.9 Å². The summed E-state index contributed by atoms with van der Waals surface area (Å²) >= 11 is 7.32. The smallest absolute Gasteiger partial charge is 0.288 e. The Morgan fingerprint density at radius 1 is 1.53 bits per heavy atom. The maximum absolute atomic E-state index is 11.5. The van der Waals surface area contributed by atoms with Crippen molar-refractivity contribution in [3.63, 3.8) is 0 Å². The zero-order valence-corrected chi connectivity index (χ0v) is 9.46. The predicted octanol–water partition coefficient (Wildman–Crippen LogP) is 2.20. The molecule has 2 heterocycles. The van der Waals surface area contributed by atoms with Gasteiger partial charge in [0.1, 0.15) is 0 Å². The minimum atomic E-state index is -0.226. The number of aromatic nitrogens is 2. The fourth-order valence-electron chi connectivity index (χ4n) is 1.28. The fourth-order valence-corrected chi connectivity index (χ4v) is 2.15. The van der Waals surface area contributed by atoms with Crippen molar-refractivity contribution in [3.8, 4) is 0 Å². The van der Waals surface area contributed by atoms with Crippen LogP contribution < -0.4 is 5.56 Å². The molecule has 0 spiro atoms. The molecule has 0 aromatic carbocycles. The molecule has 0 aliphatic heterocycles. The fraction of sp³-hybridized carbons (Fsp3) is 0.200. The lowest BCUT2D eigenvalue weighted by atomic mass is 10.3. The van der Waals surface area contributed by atoms with Gasteiger partial charge >= 0.3 is 0 Å². The highest BCUT2D eigenvalue weighted by molar-refractivity contribution is 7.09. The van der Waals surface area contributed by atoms with E-state index < -0.39 is 0 Å². The van der Waals surface area contributed by atoms with Gasteiger partial charge in [0.05, 0.1) is 0 Å². The highest BCUT2D eigenvalue weighted by Gasteiger charge is 2.01. The van der Waals surface area contributed by atoms with Crippen LogP contribution in [0.25, 0.3) is 0 Å². The largest absolute Gasteiger partial charge is 0.311 e. The first-order chi connectivity index (χ1) is 7.27. The van der Waals surface area contributed by atoms with Crippen LogP contribution in [0.1, 0.15) is 4.88 Å². The number of hydrogen-bond acceptors (Lipinski definition) is 3. The van der Waals surface area contributed by atoms with Gasteiger partial charge in [0.25, 0.3) is 5.56 Å². The topological polar surface area (TPSA) is 34.9 Å². The van der Waals surface area contributed by atoms with E-state index in [2.05, 4.69) is 11.1 Å². The van der Waals surface area contributed by atoms with Gasteiger partial charge in [-0.1, -0.05) is 17.7 Å². The molecule has 2 rings (SSSR count). The Balaban J connectivity index is 2.12. The lowest BCUT2D eigenvalue weighted by Crippen LogP contribution is -2.21. The number of nitrogens with zero attached hydrogens (tertiary/aromatic N) is 2. The summed E-state index contributed by atoms with van der Waals surface area (Å²) in [4.78, 5) is 16.5. The standard InChI is InChI=1S/C10H9ClN2OS/c11-9-10(14)13(6-4-12-9)5-3-8-2-1-7-15-8/h1-2,4,6-7H,3,5H2. The van der Waals surface area contributed by atoms with E-state index in [1.165, 1.54) is 11.1 Å². The molecule has 0 saturated carbocycles. The summed E-state index contributed by atoms with van der Waals surface area (Å²) in [5.74, 6) is 0. The molecule has 15 heavy (non-hydrogen) atoms. The van der Waals surface area contributed by atoms with Gasteiger partial charge < -0.3 is 4.57 Å². The third-order valence-corrected chi connectivity index (χ3v) is 3.25. The second-order valence-electron chi connectivity index (χ2n) is 3.05. The molecule has 78 valence electrons. The highest BCUT2D eigenvalue weighted by Crippen LogP contribution is 2.09. The molecule has 0 bridgehead atoms. The third-order valence-electron chi connectivity index (χ3n) is 2.05. The Kier molecular flexibility index (Phi) is 3.18. The van der Waals surface area contributed by atoms with Crippen molar-refractivity contribution in [2.75, 3.05) is 0 Å². The van der Waals surface area contributed by atoms with Crippen molar-refractivity contribution < 1.29 is 0 Å². The van der Waals surface area contributed by atoms with E-state index in [9.17, 15) is 4.79 Å². The Morgan fingerprint density at radius 3 is 3.13 bits per heavy atom. The Labute approximate surface area is 96.0 Å². The van der Waals surface area contributed by atoms with Gasteiger partial charge in [0.15, 0.2) is 5.15 Å². The minimum Gasteiger partial charge on any atom is -0.311 e. The van der Waals surface area contributed by atoms with Gasteiger partial charge in [-0.3, -0.25) is 4.79 Å². The summed E-state index contributed by atoms with van der Waals surface area (Å²) in [5, 5.41) is 2.06. The Bertz CT molecular complexity index is 492. The molecule has 2 aromatic heterocycles. The molecule has 3 nitrogen and oxygen atoms in total. The lowest BCUT2D eigenvalue weighted by Gasteiger charge is -2.03. The van der Waals surface area contributed by atoms with Gasteiger partial charge in [-0.15, -0.1) is 11.3 Å². The summed E-state index contributed by atoms with van der Waals surface area (Å²) in [7, 11) is 0. The van der Waals surface area contributed by atoms with Crippen molar-refractivity contribution >= 4 is 22.9 Å². The van der Waals surface area contributed by atoms with E-state index in [-0.39, 0.29) is 10.7 Å². The van der Waals surface area contributed by atoms with Crippen LogP contribution in [0, 0.1) is 0 Å². The molecule has 0 unspecified atom stereocenters. The van der Waals surface area contributed by atoms with E-state index in [1.807, 2.05) is 11.4 Å². The van der Waals surface area contributed by atoms with Crippen molar-refractivity contribution in [1.82, 2.24) is 9.55 Å². The predicted molar refractivity (Wildman–Crippen MR) is 61.5 cm³/mol. The molecular formula is C10H9ClN2OS. The quantitative estimate of drug-likeness (QED) is 0.825. The average molecular weight is 241 g/mol. The number of thiophene rings is 1. The van der Waals surface area contributed by atoms with Crippen molar-refractivity contribution in [1.29, 1.82) is 0 Å². The van der Waals surface area contributed by atoms with Crippen LogP contribution in [0.4, 0.5) is 0 Å². The number of aryl methyl sites for hydroxylation is 2. The molecule has 0 atom stereocenters. The van der Waals surface area contributed by atoms with E-state index in [0.29, 0.717) is 6.54 Å². The van der Waals surface area contributed by atoms with Gasteiger partial charge in [-0.25, -0.2) is 4.98 Å². The van der Waals surface area contributed by atoms with Gasteiger partial charge in [0.2, 0.25) is 0 Å².